The minimum absolute atomic E-state index is 0.137. The first-order valence-corrected chi connectivity index (χ1v) is 9.29. The van der Waals surface area contributed by atoms with Crippen LogP contribution in [0.5, 0.6) is 5.75 Å². The summed E-state index contributed by atoms with van der Waals surface area (Å²) in [5, 5.41) is 0. The molecule has 4 nitrogen and oxygen atoms in total. The summed E-state index contributed by atoms with van der Waals surface area (Å²) >= 11 is 0. The molecule has 0 amide bonds. The maximum atomic E-state index is 14.1. The average Bonchev–Trinajstić information content (AvgIpc) is 2.60. The Kier molecular flexibility index (Phi) is 4.83. The van der Waals surface area contributed by atoms with Gasteiger partial charge in [-0.1, -0.05) is 12.1 Å². The summed E-state index contributed by atoms with van der Waals surface area (Å²) < 4.78 is 87.2. The van der Waals surface area contributed by atoms with E-state index in [2.05, 4.69) is 9.46 Å². The molecule has 1 N–H and O–H groups in total. The fraction of sp³-hybridized carbons (Fsp3) is 0.294. The lowest BCUT2D eigenvalue weighted by atomic mass is 9.91. The van der Waals surface area contributed by atoms with Crippen molar-refractivity contribution in [1.82, 2.24) is 0 Å². The normalized spacial score (nSPS) is 14.0. The van der Waals surface area contributed by atoms with Crippen molar-refractivity contribution in [1.29, 1.82) is 0 Å². The van der Waals surface area contributed by atoms with Crippen LogP contribution in [0, 0.1) is 23.3 Å². The summed E-state index contributed by atoms with van der Waals surface area (Å²) in [5.74, 6) is -9.24. The van der Waals surface area contributed by atoms with Gasteiger partial charge in [0.1, 0.15) is 0 Å². The van der Waals surface area contributed by atoms with Crippen molar-refractivity contribution in [3.63, 3.8) is 0 Å². The summed E-state index contributed by atoms with van der Waals surface area (Å²) in [7, 11) is -4.11. The highest BCUT2D eigenvalue weighted by Crippen LogP contribution is 2.34. The van der Waals surface area contributed by atoms with Crippen LogP contribution in [0.3, 0.4) is 0 Å². The van der Waals surface area contributed by atoms with Crippen molar-refractivity contribution < 1.29 is 30.7 Å². The number of nitrogens with one attached hydrogen (secondary N) is 1. The van der Waals surface area contributed by atoms with Crippen molar-refractivity contribution in [3.05, 3.63) is 52.6 Å². The molecule has 2 aromatic rings. The molecule has 140 valence electrons. The van der Waals surface area contributed by atoms with Crippen LogP contribution >= 0.6 is 0 Å². The Morgan fingerprint density at radius 1 is 0.962 bits per heavy atom. The third-order valence-corrected chi connectivity index (χ3v) is 5.68. The van der Waals surface area contributed by atoms with E-state index in [4.69, 9.17) is 0 Å². The predicted octanol–water partition coefficient (Wildman–Crippen LogP) is 3.93. The molecule has 2 aromatic carbocycles. The number of ether oxygens (including phenoxy) is 1. The Morgan fingerprint density at radius 3 is 2.19 bits per heavy atom. The van der Waals surface area contributed by atoms with E-state index in [1.807, 2.05) is 6.07 Å². The number of sulfonamides is 1. The second kappa shape index (κ2) is 6.79. The van der Waals surface area contributed by atoms with Gasteiger partial charge in [-0.25, -0.2) is 17.2 Å². The lowest BCUT2D eigenvalue weighted by Gasteiger charge is -2.20. The lowest BCUT2D eigenvalue weighted by Crippen LogP contribution is -2.20. The topological polar surface area (TPSA) is 55.4 Å². The molecule has 0 saturated heterocycles. The number of anilines is 1. The van der Waals surface area contributed by atoms with Gasteiger partial charge in [-0.05, 0) is 42.9 Å². The monoisotopic (exact) mass is 389 g/mol. The molecule has 1 aliphatic rings. The SMILES string of the molecule is COc1c(F)c(F)c(S(=O)(=O)Nc2cccc3c2CCCC3)c(F)c1F. The number of rotatable bonds is 4. The van der Waals surface area contributed by atoms with Crippen LogP contribution in [-0.4, -0.2) is 15.5 Å². The zero-order chi connectivity index (χ0) is 19.1. The number of hydrogen-bond acceptors (Lipinski definition) is 3. The largest absolute Gasteiger partial charge is 0.491 e. The molecule has 3 rings (SSSR count). The van der Waals surface area contributed by atoms with Gasteiger partial charge in [-0.2, -0.15) is 8.78 Å². The summed E-state index contributed by atoms with van der Waals surface area (Å²) in [5.41, 5.74) is 1.76. The predicted molar refractivity (Wildman–Crippen MR) is 86.7 cm³/mol. The Morgan fingerprint density at radius 2 is 1.58 bits per heavy atom. The van der Waals surface area contributed by atoms with Crippen molar-refractivity contribution in [3.8, 4) is 5.75 Å². The molecule has 26 heavy (non-hydrogen) atoms. The van der Waals surface area contributed by atoms with Crippen LogP contribution in [0.2, 0.25) is 0 Å². The van der Waals surface area contributed by atoms with Gasteiger partial charge in [0, 0.05) is 0 Å². The van der Waals surface area contributed by atoms with E-state index in [0.717, 1.165) is 31.9 Å². The third kappa shape index (κ3) is 3.00. The van der Waals surface area contributed by atoms with Gasteiger partial charge in [-0.15, -0.1) is 0 Å². The minimum atomic E-state index is -4.91. The number of aryl methyl sites for hydroxylation is 1. The summed E-state index contributed by atoms with van der Waals surface area (Å²) in [6.45, 7) is 0. The average molecular weight is 389 g/mol. The summed E-state index contributed by atoms with van der Waals surface area (Å²) in [6.07, 6.45) is 3.12. The van der Waals surface area contributed by atoms with E-state index in [1.165, 1.54) is 6.07 Å². The van der Waals surface area contributed by atoms with Crippen molar-refractivity contribution in [2.24, 2.45) is 0 Å². The van der Waals surface area contributed by atoms with Crippen molar-refractivity contribution in [2.75, 3.05) is 11.8 Å². The van der Waals surface area contributed by atoms with Crippen LogP contribution in [-0.2, 0) is 22.9 Å². The highest BCUT2D eigenvalue weighted by molar-refractivity contribution is 7.92. The van der Waals surface area contributed by atoms with Crippen LogP contribution in [0.1, 0.15) is 24.0 Å². The van der Waals surface area contributed by atoms with E-state index in [-0.39, 0.29) is 5.69 Å². The van der Waals surface area contributed by atoms with Gasteiger partial charge >= 0.3 is 0 Å². The van der Waals surface area contributed by atoms with Crippen molar-refractivity contribution in [2.45, 2.75) is 30.6 Å². The Labute approximate surface area is 147 Å². The first-order chi connectivity index (χ1) is 12.3. The highest BCUT2D eigenvalue weighted by atomic mass is 32.2. The number of halogens is 4. The molecular weight excluding hydrogens is 374 g/mol. The molecule has 0 bridgehead atoms. The fourth-order valence-electron chi connectivity index (χ4n) is 3.08. The molecule has 9 heteroatoms. The molecule has 1 aliphatic carbocycles. The van der Waals surface area contributed by atoms with Crippen LogP contribution < -0.4 is 9.46 Å². The van der Waals surface area contributed by atoms with E-state index >= 15 is 0 Å². The molecule has 0 aliphatic heterocycles. The van der Waals surface area contributed by atoms with Gasteiger partial charge in [0.05, 0.1) is 12.8 Å². The Bertz CT molecular complexity index is 947. The molecule has 0 radical (unpaired) electrons. The maximum Gasteiger partial charge on any atom is 0.268 e. The zero-order valence-corrected chi connectivity index (χ0v) is 14.5. The van der Waals surface area contributed by atoms with Crippen LogP contribution in [0.4, 0.5) is 23.2 Å². The number of methoxy groups -OCH3 is 1. The Hall–Kier alpha value is -2.29. The van der Waals surface area contributed by atoms with Crippen LogP contribution in [0.25, 0.3) is 0 Å². The first-order valence-electron chi connectivity index (χ1n) is 7.81. The fourth-order valence-corrected chi connectivity index (χ4v) is 4.31. The van der Waals surface area contributed by atoms with E-state index in [0.29, 0.717) is 12.0 Å². The van der Waals surface area contributed by atoms with E-state index in [9.17, 15) is 26.0 Å². The molecule has 0 atom stereocenters. The summed E-state index contributed by atoms with van der Waals surface area (Å²) in [4.78, 5) is -1.72. The molecule has 0 heterocycles. The van der Waals surface area contributed by atoms with Gasteiger partial charge in [0.2, 0.25) is 11.6 Å². The third-order valence-electron chi connectivity index (χ3n) is 4.30. The van der Waals surface area contributed by atoms with Gasteiger partial charge in [-0.3, -0.25) is 4.72 Å². The van der Waals surface area contributed by atoms with Gasteiger partial charge in [0.25, 0.3) is 10.0 Å². The second-order valence-electron chi connectivity index (χ2n) is 5.87. The molecule has 0 spiro atoms. The number of benzene rings is 2. The quantitative estimate of drug-likeness (QED) is 0.637. The molecule has 0 aromatic heterocycles. The van der Waals surface area contributed by atoms with E-state index < -0.39 is 43.9 Å². The molecular formula is C17H15F4NO3S. The molecule has 0 unspecified atom stereocenters. The smallest absolute Gasteiger partial charge is 0.268 e. The van der Waals surface area contributed by atoms with Crippen LogP contribution in [0.15, 0.2) is 23.1 Å². The maximum absolute atomic E-state index is 14.1. The molecule has 0 saturated carbocycles. The minimum Gasteiger partial charge on any atom is -0.491 e. The van der Waals surface area contributed by atoms with Crippen molar-refractivity contribution >= 4 is 15.7 Å². The van der Waals surface area contributed by atoms with Gasteiger partial charge in [0.15, 0.2) is 22.3 Å². The number of hydrogen-bond donors (Lipinski definition) is 1. The zero-order valence-electron chi connectivity index (χ0n) is 13.7. The number of fused-ring (bicyclic) bond motifs is 1. The summed E-state index contributed by atoms with van der Waals surface area (Å²) in [6, 6.07) is 4.87. The standard InChI is InChI=1S/C17H15F4NO3S/c1-25-16-12(18)14(20)17(15(21)13(16)19)26(23,24)22-11-8-4-6-9-5-2-3-7-10(9)11/h4,6,8,22H,2-3,5,7H2,1H3. The van der Waals surface area contributed by atoms with Gasteiger partial charge < -0.3 is 4.74 Å². The lowest BCUT2D eigenvalue weighted by molar-refractivity contribution is 0.322. The first kappa shape index (κ1) is 18.5. The Balaban J connectivity index is 2.11. The highest BCUT2D eigenvalue weighted by Gasteiger charge is 2.34. The molecule has 0 fully saturated rings. The van der Waals surface area contributed by atoms with E-state index in [1.54, 1.807) is 6.07 Å². The second-order valence-corrected chi connectivity index (χ2v) is 7.49.